The molecule has 2 fully saturated rings. The third-order valence-corrected chi connectivity index (χ3v) is 7.39. The largest absolute Gasteiger partial charge is 0.477 e. The minimum Gasteiger partial charge on any atom is -0.477 e. The number of hydrogen-bond donors (Lipinski definition) is 2. The molecule has 2 radical (unpaired) electrons. The van der Waals surface area contributed by atoms with Crippen LogP contribution in [0.25, 0.3) is 0 Å². The first-order chi connectivity index (χ1) is 20.4. The van der Waals surface area contributed by atoms with E-state index in [2.05, 4.69) is 14.9 Å². The number of fused-ring (bicyclic) bond motifs is 1. The number of carbonyl (C=O) groups is 2. The van der Waals surface area contributed by atoms with Gasteiger partial charge in [-0.25, -0.2) is 19.6 Å². The number of pyridine rings is 2. The number of carboxylic acid groups (broad SMARTS) is 2. The van der Waals surface area contributed by atoms with Gasteiger partial charge in [-0.2, -0.15) is 0 Å². The van der Waals surface area contributed by atoms with E-state index in [0.717, 1.165) is 19.3 Å². The highest BCUT2D eigenvalue weighted by Crippen LogP contribution is 2.25. The van der Waals surface area contributed by atoms with Crippen molar-refractivity contribution in [3.05, 3.63) is 59.2 Å². The summed E-state index contributed by atoms with van der Waals surface area (Å²) in [6.07, 6.45) is 2.79. The zero-order chi connectivity index (χ0) is 29.7. The van der Waals surface area contributed by atoms with Crippen molar-refractivity contribution in [3.63, 3.8) is 0 Å². The van der Waals surface area contributed by atoms with Crippen molar-refractivity contribution in [3.8, 4) is 0 Å². The molecule has 0 amide bonds. The van der Waals surface area contributed by atoms with Gasteiger partial charge in [0.25, 0.3) is 0 Å². The Bertz CT molecular complexity index is 1160. The first kappa shape index (κ1) is 32.0. The monoisotopic (exact) mass is 582 g/mol. The number of hydrogen-bond acceptors (Lipinski definition) is 10. The first-order valence-electron chi connectivity index (χ1n) is 14.4. The van der Waals surface area contributed by atoms with Crippen LogP contribution in [-0.2, 0) is 25.5 Å². The fourth-order valence-corrected chi connectivity index (χ4v) is 5.12. The van der Waals surface area contributed by atoms with Gasteiger partial charge < -0.3 is 29.2 Å². The Hall–Kier alpha value is -2.94. The van der Waals surface area contributed by atoms with Crippen molar-refractivity contribution in [2.75, 3.05) is 65.8 Å². The summed E-state index contributed by atoms with van der Waals surface area (Å²) in [6.45, 7) is 5.37. The van der Waals surface area contributed by atoms with Crippen LogP contribution in [0.1, 0.15) is 57.6 Å². The molecule has 42 heavy (non-hydrogen) atoms. The molecule has 0 bridgehead atoms. The van der Waals surface area contributed by atoms with E-state index < -0.39 is 17.9 Å². The standard InChI is InChI=1S/C29H39BN4O8/c30-27(22-5-2-7-24(32-22)29(37)38)34-12-15-40-19-18-39-14-10-33(20-21-4-1-6-23(31-21)28(35)36)11-16-41-25-8-3-9-26(25)42-17-13-34/h1-2,4-7,25-27H,3,8-20H2,(H,35,36)(H,37,38). The minimum absolute atomic E-state index is 0.0187. The van der Waals surface area contributed by atoms with Crippen molar-refractivity contribution >= 4 is 19.8 Å². The Morgan fingerprint density at radius 1 is 0.810 bits per heavy atom. The summed E-state index contributed by atoms with van der Waals surface area (Å²) < 4.78 is 24.2. The summed E-state index contributed by atoms with van der Waals surface area (Å²) in [5.41, 5.74) is 1.12. The summed E-state index contributed by atoms with van der Waals surface area (Å²) in [7, 11) is 6.53. The van der Waals surface area contributed by atoms with E-state index in [0.29, 0.717) is 83.8 Å². The smallest absolute Gasteiger partial charge is 0.354 e. The maximum Gasteiger partial charge on any atom is 0.354 e. The van der Waals surface area contributed by atoms with Gasteiger partial charge in [0.05, 0.1) is 65.4 Å². The number of carboxylic acids is 2. The van der Waals surface area contributed by atoms with Crippen molar-refractivity contribution in [2.24, 2.45) is 0 Å². The van der Waals surface area contributed by atoms with E-state index in [4.69, 9.17) is 26.8 Å². The third-order valence-electron chi connectivity index (χ3n) is 7.39. The van der Waals surface area contributed by atoms with E-state index in [-0.39, 0.29) is 23.6 Å². The molecule has 1 aliphatic carbocycles. The summed E-state index contributed by atoms with van der Waals surface area (Å²) in [4.78, 5) is 35.4. The van der Waals surface area contributed by atoms with Crippen LogP contribution in [0.4, 0.5) is 0 Å². The molecule has 2 aromatic heterocycles. The molecule has 2 aromatic rings. The molecule has 12 nitrogen and oxygen atoms in total. The van der Waals surface area contributed by atoms with Crippen LogP contribution in [-0.4, -0.2) is 128 Å². The number of ether oxygens (including phenoxy) is 4. The molecule has 1 saturated carbocycles. The molecule has 226 valence electrons. The fourth-order valence-electron chi connectivity index (χ4n) is 5.12. The molecule has 13 heteroatoms. The highest BCUT2D eigenvalue weighted by Gasteiger charge is 2.29. The average molecular weight is 582 g/mol. The predicted octanol–water partition coefficient (Wildman–Crippen LogP) is 1.85. The van der Waals surface area contributed by atoms with E-state index in [1.807, 2.05) is 11.0 Å². The summed E-state index contributed by atoms with van der Waals surface area (Å²) in [5.74, 6) is -2.77. The molecular weight excluding hydrogens is 543 g/mol. The molecule has 3 atom stereocenters. The van der Waals surface area contributed by atoms with Crippen LogP contribution in [0.2, 0.25) is 0 Å². The third kappa shape index (κ3) is 9.82. The molecule has 1 aliphatic heterocycles. The number of aromatic nitrogens is 2. The van der Waals surface area contributed by atoms with Gasteiger partial charge in [-0.15, -0.1) is 0 Å². The van der Waals surface area contributed by atoms with E-state index in [9.17, 15) is 19.8 Å². The Morgan fingerprint density at radius 2 is 1.38 bits per heavy atom. The molecule has 0 spiro atoms. The molecular formula is C29H39BN4O8. The Kier molecular flexibility index (Phi) is 12.7. The average Bonchev–Trinajstić information content (AvgIpc) is 3.43. The van der Waals surface area contributed by atoms with Crippen molar-refractivity contribution in [2.45, 2.75) is 44.0 Å². The molecule has 1 saturated heterocycles. The molecule has 2 aliphatic rings. The lowest BCUT2D eigenvalue weighted by atomic mass is 9.90. The van der Waals surface area contributed by atoms with E-state index in [1.54, 1.807) is 18.2 Å². The van der Waals surface area contributed by atoms with Gasteiger partial charge in [-0.05, 0) is 43.5 Å². The Balaban J connectivity index is 1.37. The van der Waals surface area contributed by atoms with Crippen LogP contribution in [0.5, 0.6) is 0 Å². The van der Waals surface area contributed by atoms with Gasteiger partial charge in [-0.1, -0.05) is 12.1 Å². The molecule has 0 aromatic carbocycles. The van der Waals surface area contributed by atoms with Crippen molar-refractivity contribution < 1.29 is 38.7 Å². The minimum atomic E-state index is -1.10. The first-order valence-corrected chi connectivity index (χ1v) is 14.4. The fraction of sp³-hybridized carbons (Fsp3) is 0.586. The van der Waals surface area contributed by atoms with Gasteiger partial charge in [0.15, 0.2) is 0 Å². The maximum absolute atomic E-state index is 11.4. The summed E-state index contributed by atoms with van der Waals surface area (Å²) in [6, 6.07) is 9.82. The van der Waals surface area contributed by atoms with Gasteiger partial charge >= 0.3 is 11.9 Å². The molecule has 3 unspecified atom stereocenters. The van der Waals surface area contributed by atoms with Crippen LogP contribution in [0.3, 0.4) is 0 Å². The van der Waals surface area contributed by atoms with Gasteiger partial charge in [0, 0.05) is 44.4 Å². The summed E-state index contributed by atoms with van der Waals surface area (Å²) in [5, 5.41) is 18.6. The lowest BCUT2D eigenvalue weighted by Crippen LogP contribution is -2.38. The second kappa shape index (κ2) is 16.6. The SMILES string of the molecule is [B]C(c1cccc(C(=O)O)n1)N1CCOCCOCCN(Cc2cccc(C(=O)O)n2)CCOC2CCCC2OCC1. The highest BCUT2D eigenvalue weighted by atomic mass is 16.5. The number of rotatable bonds is 6. The highest BCUT2D eigenvalue weighted by molar-refractivity contribution is 6.11. The summed E-state index contributed by atoms with van der Waals surface area (Å²) >= 11 is 0. The zero-order valence-electron chi connectivity index (χ0n) is 23.8. The molecule has 3 heterocycles. The van der Waals surface area contributed by atoms with Crippen molar-refractivity contribution in [1.29, 1.82) is 0 Å². The van der Waals surface area contributed by atoms with Crippen LogP contribution in [0, 0.1) is 0 Å². The second-order valence-corrected chi connectivity index (χ2v) is 10.3. The van der Waals surface area contributed by atoms with Gasteiger partial charge in [0.1, 0.15) is 11.4 Å². The van der Waals surface area contributed by atoms with Gasteiger partial charge in [0.2, 0.25) is 0 Å². The topological polar surface area (TPSA) is 144 Å². The van der Waals surface area contributed by atoms with E-state index in [1.165, 1.54) is 12.1 Å². The number of nitrogens with zero attached hydrogens (tertiary/aromatic N) is 4. The number of aromatic carboxylic acids is 2. The quantitative estimate of drug-likeness (QED) is 0.480. The maximum atomic E-state index is 11.4. The predicted molar refractivity (Wildman–Crippen MR) is 153 cm³/mol. The zero-order valence-corrected chi connectivity index (χ0v) is 23.8. The van der Waals surface area contributed by atoms with Crippen LogP contribution in [0.15, 0.2) is 36.4 Å². The molecule has 2 N–H and O–H groups in total. The Labute approximate surface area is 247 Å². The Morgan fingerprint density at radius 3 is 2.07 bits per heavy atom. The van der Waals surface area contributed by atoms with Gasteiger partial charge in [-0.3, -0.25) is 9.80 Å². The molecule has 4 rings (SSSR count). The lowest BCUT2D eigenvalue weighted by molar-refractivity contribution is -0.0672. The van der Waals surface area contributed by atoms with Crippen molar-refractivity contribution in [1.82, 2.24) is 19.8 Å². The normalized spacial score (nSPS) is 23.3. The van der Waals surface area contributed by atoms with Crippen LogP contribution >= 0.6 is 0 Å². The second-order valence-electron chi connectivity index (χ2n) is 10.3. The van der Waals surface area contributed by atoms with Crippen LogP contribution < -0.4 is 0 Å². The lowest BCUT2D eigenvalue weighted by Gasteiger charge is -2.30. The van der Waals surface area contributed by atoms with E-state index >= 15 is 0 Å².